The lowest BCUT2D eigenvalue weighted by atomic mass is 10.0. The van der Waals surface area contributed by atoms with Gasteiger partial charge >= 0.3 is 0 Å². The number of hydrogen-bond acceptors (Lipinski definition) is 2. The van der Waals surface area contributed by atoms with Crippen LogP contribution in [0.15, 0.2) is 0 Å². The van der Waals surface area contributed by atoms with Crippen molar-refractivity contribution in [1.82, 2.24) is 10.2 Å². The maximum atomic E-state index is 12.0. The molecule has 2 unspecified atom stereocenters. The summed E-state index contributed by atoms with van der Waals surface area (Å²) in [5, 5.41) is 3.33. The first-order valence-electron chi connectivity index (χ1n) is 6.15. The maximum absolute atomic E-state index is 12.0. The normalized spacial score (nSPS) is 25.5. The standard InChI is InChI=1S/C12H24N2O/c1-4-5-6-9-14(3)12(15)11-7-8-13-10(11)2/h10-11,13H,4-9H2,1-3H3. The maximum Gasteiger partial charge on any atom is 0.227 e. The van der Waals surface area contributed by atoms with Crippen LogP contribution in [0.5, 0.6) is 0 Å². The molecule has 1 aliphatic heterocycles. The summed E-state index contributed by atoms with van der Waals surface area (Å²) < 4.78 is 0. The van der Waals surface area contributed by atoms with E-state index in [-0.39, 0.29) is 5.92 Å². The van der Waals surface area contributed by atoms with Crippen molar-refractivity contribution >= 4 is 5.91 Å². The highest BCUT2D eigenvalue weighted by molar-refractivity contribution is 5.79. The Balaban J connectivity index is 2.31. The molecule has 0 bridgehead atoms. The van der Waals surface area contributed by atoms with Crippen LogP contribution < -0.4 is 5.32 Å². The fraction of sp³-hybridized carbons (Fsp3) is 0.917. The fourth-order valence-corrected chi connectivity index (χ4v) is 2.19. The molecule has 0 saturated carbocycles. The minimum atomic E-state index is 0.205. The zero-order valence-corrected chi connectivity index (χ0v) is 10.3. The van der Waals surface area contributed by atoms with Gasteiger partial charge in [0.25, 0.3) is 0 Å². The van der Waals surface area contributed by atoms with Gasteiger partial charge in [0.2, 0.25) is 5.91 Å². The molecule has 88 valence electrons. The molecule has 3 heteroatoms. The number of amides is 1. The van der Waals surface area contributed by atoms with Crippen LogP contribution in [0.1, 0.15) is 39.5 Å². The van der Waals surface area contributed by atoms with Gasteiger partial charge in [0.1, 0.15) is 0 Å². The lowest BCUT2D eigenvalue weighted by molar-refractivity contribution is -0.134. The Labute approximate surface area is 93.2 Å². The summed E-state index contributed by atoms with van der Waals surface area (Å²) in [6.07, 6.45) is 4.56. The van der Waals surface area contributed by atoms with E-state index in [1.807, 2.05) is 11.9 Å². The van der Waals surface area contributed by atoms with E-state index >= 15 is 0 Å². The lowest BCUT2D eigenvalue weighted by Gasteiger charge is -2.23. The second kappa shape index (κ2) is 6.11. The first-order chi connectivity index (χ1) is 7.16. The van der Waals surface area contributed by atoms with E-state index in [1.165, 1.54) is 12.8 Å². The summed E-state index contributed by atoms with van der Waals surface area (Å²) in [4.78, 5) is 13.9. The quantitative estimate of drug-likeness (QED) is 0.703. The summed E-state index contributed by atoms with van der Waals surface area (Å²) in [5.74, 6) is 0.528. The van der Waals surface area contributed by atoms with Gasteiger partial charge in [-0.3, -0.25) is 4.79 Å². The SMILES string of the molecule is CCCCCN(C)C(=O)C1CCNC1C. The number of carbonyl (C=O) groups is 1. The molecule has 1 amide bonds. The van der Waals surface area contributed by atoms with Crippen LogP contribution in [0.3, 0.4) is 0 Å². The molecule has 1 fully saturated rings. The molecule has 15 heavy (non-hydrogen) atoms. The van der Waals surface area contributed by atoms with Gasteiger partial charge in [0.05, 0.1) is 5.92 Å². The van der Waals surface area contributed by atoms with Crippen LogP contribution in [0.2, 0.25) is 0 Å². The van der Waals surface area contributed by atoms with E-state index in [9.17, 15) is 4.79 Å². The van der Waals surface area contributed by atoms with Crippen molar-refractivity contribution in [3.05, 3.63) is 0 Å². The molecule has 0 aromatic rings. The highest BCUT2D eigenvalue weighted by atomic mass is 16.2. The first-order valence-corrected chi connectivity index (χ1v) is 6.15. The monoisotopic (exact) mass is 212 g/mol. The molecule has 0 radical (unpaired) electrons. The number of hydrogen-bond donors (Lipinski definition) is 1. The molecule has 0 aromatic heterocycles. The zero-order chi connectivity index (χ0) is 11.3. The lowest BCUT2D eigenvalue weighted by Crippen LogP contribution is -2.38. The molecule has 0 aromatic carbocycles. The number of nitrogens with one attached hydrogen (secondary N) is 1. The van der Waals surface area contributed by atoms with Crippen molar-refractivity contribution in [3.8, 4) is 0 Å². The molecule has 0 aliphatic carbocycles. The number of unbranched alkanes of at least 4 members (excludes halogenated alkanes) is 2. The summed E-state index contributed by atoms with van der Waals surface area (Å²) in [7, 11) is 1.93. The molecule has 1 saturated heterocycles. The molecule has 1 heterocycles. The third kappa shape index (κ3) is 3.49. The Kier molecular flexibility index (Phi) is 5.09. The molecule has 2 atom stereocenters. The topological polar surface area (TPSA) is 32.3 Å². The summed E-state index contributed by atoms with van der Waals surface area (Å²) >= 11 is 0. The zero-order valence-electron chi connectivity index (χ0n) is 10.3. The van der Waals surface area contributed by atoms with Crippen LogP contribution in [0.25, 0.3) is 0 Å². The van der Waals surface area contributed by atoms with Crippen LogP contribution in [-0.2, 0) is 4.79 Å². The Bertz CT molecular complexity index is 206. The summed E-state index contributed by atoms with van der Waals surface area (Å²) in [6, 6.07) is 0.353. The van der Waals surface area contributed by atoms with Gasteiger partial charge in [0, 0.05) is 19.6 Å². The average molecular weight is 212 g/mol. The van der Waals surface area contributed by atoms with Crippen molar-refractivity contribution < 1.29 is 4.79 Å². The Hall–Kier alpha value is -0.570. The molecular weight excluding hydrogens is 188 g/mol. The van der Waals surface area contributed by atoms with Crippen LogP contribution >= 0.6 is 0 Å². The van der Waals surface area contributed by atoms with Crippen LogP contribution in [-0.4, -0.2) is 37.0 Å². The Morgan fingerprint density at radius 1 is 1.47 bits per heavy atom. The molecular formula is C12H24N2O. The third-order valence-electron chi connectivity index (χ3n) is 3.32. The highest BCUT2D eigenvalue weighted by Crippen LogP contribution is 2.17. The molecule has 3 nitrogen and oxygen atoms in total. The van der Waals surface area contributed by atoms with Crippen LogP contribution in [0, 0.1) is 5.92 Å². The minimum absolute atomic E-state index is 0.205. The largest absolute Gasteiger partial charge is 0.345 e. The van der Waals surface area contributed by atoms with Crippen molar-refractivity contribution in [2.24, 2.45) is 5.92 Å². The minimum Gasteiger partial charge on any atom is -0.345 e. The van der Waals surface area contributed by atoms with Gasteiger partial charge in [-0.05, 0) is 26.3 Å². The smallest absolute Gasteiger partial charge is 0.227 e. The number of rotatable bonds is 5. The van der Waals surface area contributed by atoms with Gasteiger partial charge in [-0.2, -0.15) is 0 Å². The van der Waals surface area contributed by atoms with E-state index in [0.717, 1.165) is 25.9 Å². The fourth-order valence-electron chi connectivity index (χ4n) is 2.19. The van der Waals surface area contributed by atoms with E-state index in [0.29, 0.717) is 11.9 Å². The van der Waals surface area contributed by atoms with E-state index in [4.69, 9.17) is 0 Å². The predicted octanol–water partition coefficient (Wildman–Crippen LogP) is 1.63. The summed E-state index contributed by atoms with van der Waals surface area (Å²) in [6.45, 7) is 6.19. The predicted molar refractivity (Wildman–Crippen MR) is 62.7 cm³/mol. The van der Waals surface area contributed by atoms with E-state index in [1.54, 1.807) is 0 Å². The van der Waals surface area contributed by atoms with Gasteiger partial charge in [-0.15, -0.1) is 0 Å². The Morgan fingerprint density at radius 2 is 2.20 bits per heavy atom. The van der Waals surface area contributed by atoms with E-state index in [2.05, 4.69) is 19.2 Å². The van der Waals surface area contributed by atoms with Crippen molar-refractivity contribution in [1.29, 1.82) is 0 Å². The van der Waals surface area contributed by atoms with Gasteiger partial charge < -0.3 is 10.2 Å². The molecule has 1 rings (SSSR count). The molecule has 1 N–H and O–H groups in total. The Morgan fingerprint density at radius 3 is 2.73 bits per heavy atom. The average Bonchev–Trinajstić information content (AvgIpc) is 2.63. The summed E-state index contributed by atoms with van der Waals surface area (Å²) in [5.41, 5.74) is 0. The highest BCUT2D eigenvalue weighted by Gasteiger charge is 2.30. The van der Waals surface area contributed by atoms with Crippen LogP contribution in [0.4, 0.5) is 0 Å². The van der Waals surface area contributed by atoms with Gasteiger partial charge in [-0.25, -0.2) is 0 Å². The van der Waals surface area contributed by atoms with Gasteiger partial charge in [0.15, 0.2) is 0 Å². The molecule has 0 spiro atoms. The molecule has 1 aliphatic rings. The number of carbonyl (C=O) groups excluding carboxylic acids is 1. The third-order valence-corrected chi connectivity index (χ3v) is 3.32. The van der Waals surface area contributed by atoms with Crippen molar-refractivity contribution in [2.75, 3.05) is 20.1 Å². The van der Waals surface area contributed by atoms with Crippen molar-refractivity contribution in [2.45, 2.75) is 45.6 Å². The van der Waals surface area contributed by atoms with Crippen molar-refractivity contribution in [3.63, 3.8) is 0 Å². The van der Waals surface area contributed by atoms with Gasteiger partial charge in [-0.1, -0.05) is 19.8 Å². The second-order valence-corrected chi connectivity index (χ2v) is 4.60. The second-order valence-electron chi connectivity index (χ2n) is 4.60. The first kappa shape index (κ1) is 12.5. The van der Waals surface area contributed by atoms with E-state index < -0.39 is 0 Å². The number of nitrogens with zero attached hydrogens (tertiary/aromatic N) is 1.